The number of fused-ring (bicyclic) bond motifs is 1. The summed E-state index contributed by atoms with van der Waals surface area (Å²) in [6, 6.07) is 8.35. The minimum absolute atomic E-state index is 0.0764. The quantitative estimate of drug-likeness (QED) is 0.605. The van der Waals surface area contributed by atoms with Gasteiger partial charge in [-0.15, -0.1) is 0 Å². The molecule has 5 nitrogen and oxygen atoms in total. The van der Waals surface area contributed by atoms with E-state index in [4.69, 9.17) is 0 Å². The number of anilines is 1. The molecule has 194 valence electrons. The lowest BCUT2D eigenvalue weighted by molar-refractivity contribution is -0.143. The summed E-state index contributed by atoms with van der Waals surface area (Å²) in [5.41, 5.74) is 1.42. The van der Waals surface area contributed by atoms with E-state index in [1.54, 1.807) is 4.90 Å². The molecule has 1 aromatic rings. The van der Waals surface area contributed by atoms with Crippen molar-refractivity contribution >= 4 is 17.4 Å². The van der Waals surface area contributed by atoms with Gasteiger partial charge in [-0.1, -0.05) is 12.8 Å². The Morgan fingerprint density at radius 3 is 2.22 bits per heavy atom. The second-order valence-corrected chi connectivity index (χ2v) is 13.1. The van der Waals surface area contributed by atoms with Gasteiger partial charge in [0.1, 0.15) is 11.8 Å². The topological polar surface area (TPSA) is 60.9 Å². The number of piperidine rings is 1. The van der Waals surface area contributed by atoms with Gasteiger partial charge in [0.25, 0.3) is 5.91 Å². The summed E-state index contributed by atoms with van der Waals surface area (Å²) < 4.78 is 15.5. The minimum Gasteiger partial charge on any atom is -0.380 e. The van der Waals surface area contributed by atoms with Gasteiger partial charge in [-0.25, -0.2) is 4.39 Å². The number of hydrogen-bond acceptors (Lipinski definition) is 4. The first-order chi connectivity index (χ1) is 17.3. The number of rotatable bonds is 4. The van der Waals surface area contributed by atoms with E-state index in [1.807, 2.05) is 12.1 Å². The second kappa shape index (κ2) is 8.02. The molecule has 1 amide bonds. The molecule has 6 heteroatoms. The molecule has 1 aromatic carbocycles. The Bertz CT molecular complexity index is 1060. The summed E-state index contributed by atoms with van der Waals surface area (Å²) in [4.78, 5) is 29.8. The Labute approximate surface area is 213 Å². The van der Waals surface area contributed by atoms with Crippen molar-refractivity contribution in [1.82, 2.24) is 4.90 Å². The zero-order valence-electron chi connectivity index (χ0n) is 21.3. The number of aliphatic hydroxyl groups is 1. The second-order valence-electron chi connectivity index (χ2n) is 13.1. The number of benzene rings is 1. The van der Waals surface area contributed by atoms with Crippen LogP contribution in [-0.2, 0) is 4.79 Å². The van der Waals surface area contributed by atoms with Crippen LogP contribution in [0.15, 0.2) is 24.3 Å². The predicted molar refractivity (Wildman–Crippen MR) is 136 cm³/mol. The Balaban J connectivity index is 1.02. The van der Waals surface area contributed by atoms with Crippen molar-refractivity contribution in [1.29, 1.82) is 0 Å². The SMILES string of the molecule is O=C(c1ccc(N2CCC3C(F)CC45CCCCC4(CC32)C5)cc1)C1CCN(C(=O)C2(O)CC2)CC1. The van der Waals surface area contributed by atoms with Gasteiger partial charge in [0.15, 0.2) is 5.78 Å². The normalized spacial score (nSPS) is 39.0. The van der Waals surface area contributed by atoms with Crippen LogP contribution >= 0.6 is 0 Å². The highest BCUT2D eigenvalue weighted by Crippen LogP contribution is 2.77. The van der Waals surface area contributed by atoms with Crippen LogP contribution in [0.2, 0.25) is 0 Å². The van der Waals surface area contributed by atoms with Crippen molar-refractivity contribution < 1.29 is 19.1 Å². The standard InChI is InChI=1S/C30H39FN2O3/c31-24-17-28-10-1-2-11-29(28,19-28)18-25-23(24)9-16-33(25)22-5-3-20(4-6-22)26(34)21-7-14-32(15-8-21)27(35)30(36)12-13-30/h3-6,21,23-25,36H,1-2,7-19H2. The number of amides is 1. The molecule has 1 N–H and O–H groups in total. The molecule has 2 aliphatic heterocycles. The molecular weight excluding hydrogens is 455 g/mol. The van der Waals surface area contributed by atoms with Crippen molar-refractivity contribution in [3.63, 3.8) is 0 Å². The molecule has 4 aliphatic carbocycles. The van der Waals surface area contributed by atoms with E-state index < -0.39 is 11.8 Å². The number of likely N-dealkylation sites (tertiary alicyclic amines) is 1. The van der Waals surface area contributed by atoms with Crippen molar-refractivity contribution in [3.05, 3.63) is 29.8 Å². The average Bonchev–Trinajstić information content (AvgIpc) is 3.75. The maximum Gasteiger partial charge on any atom is 0.254 e. The molecule has 5 unspecified atom stereocenters. The van der Waals surface area contributed by atoms with E-state index in [0.717, 1.165) is 37.1 Å². The summed E-state index contributed by atoms with van der Waals surface area (Å²) in [5.74, 6) is 0.0622. The van der Waals surface area contributed by atoms with Crippen molar-refractivity contribution in [3.8, 4) is 0 Å². The number of alkyl halides is 1. The molecule has 2 saturated heterocycles. The maximum atomic E-state index is 15.5. The number of ketones is 1. The van der Waals surface area contributed by atoms with Crippen molar-refractivity contribution in [2.24, 2.45) is 22.7 Å². The monoisotopic (exact) mass is 494 g/mol. The van der Waals surface area contributed by atoms with E-state index in [2.05, 4.69) is 17.0 Å². The molecule has 0 radical (unpaired) electrons. The zero-order chi connectivity index (χ0) is 24.7. The van der Waals surface area contributed by atoms with E-state index in [9.17, 15) is 14.7 Å². The number of nitrogens with zero attached hydrogens (tertiary/aromatic N) is 2. The number of carbonyl (C=O) groups is 2. The molecule has 6 fully saturated rings. The Morgan fingerprint density at radius 1 is 0.889 bits per heavy atom. The molecule has 0 aromatic heterocycles. The van der Waals surface area contributed by atoms with Crippen molar-refractivity contribution in [2.45, 2.75) is 94.9 Å². The van der Waals surface area contributed by atoms with Crippen LogP contribution in [0.3, 0.4) is 0 Å². The van der Waals surface area contributed by atoms with Crippen LogP contribution in [0.25, 0.3) is 0 Å². The summed E-state index contributed by atoms with van der Waals surface area (Å²) in [6.45, 7) is 1.99. The maximum absolute atomic E-state index is 15.5. The highest BCUT2D eigenvalue weighted by Gasteiger charge is 2.70. The summed E-state index contributed by atoms with van der Waals surface area (Å²) >= 11 is 0. The molecule has 6 aliphatic rings. The van der Waals surface area contributed by atoms with E-state index in [0.29, 0.717) is 49.6 Å². The molecule has 7 rings (SSSR count). The lowest BCUT2D eigenvalue weighted by Crippen LogP contribution is -2.46. The highest BCUT2D eigenvalue weighted by atomic mass is 19.1. The molecule has 2 heterocycles. The molecule has 36 heavy (non-hydrogen) atoms. The summed E-state index contributed by atoms with van der Waals surface area (Å²) in [5, 5.41) is 10.1. The molecule has 5 atom stereocenters. The number of carbonyl (C=O) groups excluding carboxylic acids is 2. The third-order valence-corrected chi connectivity index (χ3v) is 11.2. The molecular formula is C30H39FN2O3. The van der Waals surface area contributed by atoms with Gasteiger partial charge in [0, 0.05) is 48.8 Å². The van der Waals surface area contributed by atoms with Gasteiger partial charge < -0.3 is 14.9 Å². The largest absolute Gasteiger partial charge is 0.380 e. The van der Waals surface area contributed by atoms with Gasteiger partial charge in [0.05, 0.1) is 0 Å². The lowest BCUT2D eigenvalue weighted by Gasteiger charge is -2.34. The molecule has 0 bridgehead atoms. The van der Waals surface area contributed by atoms with Crippen LogP contribution in [0.1, 0.15) is 87.4 Å². The average molecular weight is 495 g/mol. The van der Waals surface area contributed by atoms with Gasteiger partial charge in [-0.2, -0.15) is 0 Å². The van der Waals surface area contributed by atoms with Gasteiger partial charge in [-0.05, 0) is 99.3 Å². The Kier molecular flexibility index (Phi) is 5.17. The van der Waals surface area contributed by atoms with Gasteiger partial charge >= 0.3 is 0 Å². The number of Topliss-reactive ketones (excluding diaryl/α,β-unsaturated/α-hetero) is 1. The summed E-state index contributed by atoms with van der Waals surface area (Å²) in [6.07, 6.45) is 11.0. The summed E-state index contributed by atoms with van der Waals surface area (Å²) in [7, 11) is 0. The first-order valence-corrected chi connectivity index (χ1v) is 14.4. The fourth-order valence-corrected chi connectivity index (χ4v) is 8.85. The number of hydrogen-bond donors (Lipinski definition) is 1. The van der Waals surface area contributed by atoms with Crippen LogP contribution < -0.4 is 4.90 Å². The molecule has 0 spiro atoms. The zero-order valence-corrected chi connectivity index (χ0v) is 21.3. The molecule has 4 saturated carbocycles. The first kappa shape index (κ1) is 23.2. The Morgan fingerprint density at radius 2 is 1.56 bits per heavy atom. The van der Waals surface area contributed by atoms with Crippen LogP contribution in [0, 0.1) is 22.7 Å². The van der Waals surface area contributed by atoms with E-state index in [1.165, 1.54) is 32.1 Å². The van der Waals surface area contributed by atoms with Gasteiger partial charge in [-0.3, -0.25) is 9.59 Å². The van der Waals surface area contributed by atoms with Crippen molar-refractivity contribution in [2.75, 3.05) is 24.5 Å². The van der Waals surface area contributed by atoms with E-state index >= 15 is 4.39 Å². The number of halogens is 1. The van der Waals surface area contributed by atoms with Crippen LogP contribution in [0.5, 0.6) is 0 Å². The lowest BCUT2D eigenvalue weighted by atomic mass is 9.76. The minimum atomic E-state index is -1.13. The fourth-order valence-electron chi connectivity index (χ4n) is 8.85. The highest BCUT2D eigenvalue weighted by molar-refractivity contribution is 5.98. The van der Waals surface area contributed by atoms with Gasteiger partial charge in [0.2, 0.25) is 0 Å². The third-order valence-electron chi connectivity index (χ3n) is 11.2. The van der Waals surface area contributed by atoms with Crippen LogP contribution in [-0.4, -0.2) is 59.1 Å². The smallest absolute Gasteiger partial charge is 0.254 e. The predicted octanol–water partition coefficient (Wildman–Crippen LogP) is 4.91. The first-order valence-electron chi connectivity index (χ1n) is 14.4. The third kappa shape index (κ3) is 3.49. The fraction of sp³-hybridized carbons (Fsp3) is 0.733. The van der Waals surface area contributed by atoms with E-state index in [-0.39, 0.29) is 29.6 Å². The van der Waals surface area contributed by atoms with Crippen LogP contribution in [0.4, 0.5) is 10.1 Å². The Hall–Kier alpha value is -1.95.